The van der Waals surface area contributed by atoms with E-state index in [2.05, 4.69) is 31.9 Å². The van der Waals surface area contributed by atoms with Crippen molar-refractivity contribution in [1.29, 1.82) is 0 Å². The molecule has 0 saturated carbocycles. The lowest BCUT2D eigenvalue weighted by molar-refractivity contribution is -0.143. The molecule has 0 unspecified atom stereocenters. The number of nitrogens with one attached hydrogen (secondary N) is 6. The van der Waals surface area contributed by atoms with E-state index < -0.39 is 115 Å². The summed E-state index contributed by atoms with van der Waals surface area (Å²) >= 11 is 0. The molecule has 0 saturated heterocycles. The molecule has 0 rings (SSSR count). The van der Waals surface area contributed by atoms with Crippen molar-refractivity contribution in [3.63, 3.8) is 0 Å². The van der Waals surface area contributed by atoms with Crippen LogP contribution in [0.3, 0.4) is 0 Å². The molecule has 0 aliphatic heterocycles. The smallest absolute Gasteiger partial charge is 0.326 e. The van der Waals surface area contributed by atoms with Gasteiger partial charge in [0.25, 0.3) is 0 Å². The van der Waals surface area contributed by atoms with Gasteiger partial charge in [-0.05, 0) is 24.7 Å². The van der Waals surface area contributed by atoms with Crippen molar-refractivity contribution in [2.75, 3.05) is 13.1 Å². The molecule has 0 aromatic rings. The van der Waals surface area contributed by atoms with E-state index >= 15 is 0 Å². The standard InChI is InChI=1S/C26H46N8O9/c1-11(2)19(33-23(39)15(27)8-16(28)35)24(40)30-9-17(36)29-10-18(37)31-14(7)22(38)32-20(12(3)4)25(41)34-21(13(5)6)26(42)43/h11-15,19-21H,8-10,27H2,1-7H3,(H2,28,35)(H,29,36)(H,30,40)(H,31,37)(H,32,38)(H,33,39)(H,34,41)(H,42,43)/t14-,15-,19-,20-,21-/m0/s1. The summed E-state index contributed by atoms with van der Waals surface area (Å²) in [7, 11) is 0. The number of carboxylic acids is 1. The number of nitrogens with two attached hydrogens (primary N) is 2. The fraction of sp³-hybridized carbons (Fsp3) is 0.692. The van der Waals surface area contributed by atoms with Crippen LogP contribution in [0.4, 0.5) is 0 Å². The predicted octanol–water partition coefficient (Wildman–Crippen LogP) is -3.57. The SMILES string of the molecule is CC(C)[C@H](NC(=O)[C@@H](NC(=O)[C@H](C)NC(=O)CNC(=O)CNC(=O)[C@@H](NC(=O)[C@@H](N)CC(N)=O)C(C)C)C(C)C)C(=O)O. The predicted molar refractivity (Wildman–Crippen MR) is 153 cm³/mol. The van der Waals surface area contributed by atoms with Crippen molar-refractivity contribution in [2.24, 2.45) is 29.2 Å². The van der Waals surface area contributed by atoms with Gasteiger partial charge in [0, 0.05) is 0 Å². The molecule has 0 spiro atoms. The molecule has 0 bridgehead atoms. The fourth-order valence-corrected chi connectivity index (χ4v) is 3.55. The molecular formula is C26H46N8O9. The van der Waals surface area contributed by atoms with Crippen LogP contribution in [0.5, 0.6) is 0 Å². The second-order valence-electron chi connectivity index (χ2n) is 11.1. The van der Waals surface area contributed by atoms with Gasteiger partial charge in [-0.2, -0.15) is 0 Å². The molecule has 7 amide bonds. The van der Waals surface area contributed by atoms with Gasteiger partial charge in [0.15, 0.2) is 0 Å². The van der Waals surface area contributed by atoms with Gasteiger partial charge < -0.3 is 48.5 Å². The van der Waals surface area contributed by atoms with Gasteiger partial charge in [-0.25, -0.2) is 4.79 Å². The lowest BCUT2D eigenvalue weighted by Crippen LogP contribution is -2.58. The highest BCUT2D eigenvalue weighted by Gasteiger charge is 2.31. The Morgan fingerprint density at radius 3 is 1.49 bits per heavy atom. The maximum absolute atomic E-state index is 12.7. The summed E-state index contributed by atoms with van der Waals surface area (Å²) in [6.45, 7) is 10.1. The molecule has 0 radical (unpaired) electrons. The van der Waals surface area contributed by atoms with Crippen LogP contribution < -0.4 is 43.4 Å². The second kappa shape index (κ2) is 18.3. The lowest BCUT2D eigenvalue weighted by atomic mass is 10.00. The summed E-state index contributed by atoms with van der Waals surface area (Å²) in [5.74, 6) is -7.57. The van der Waals surface area contributed by atoms with Crippen LogP contribution in [0.2, 0.25) is 0 Å². The van der Waals surface area contributed by atoms with E-state index in [1.54, 1.807) is 41.5 Å². The first-order valence-electron chi connectivity index (χ1n) is 13.8. The molecule has 17 heteroatoms. The van der Waals surface area contributed by atoms with Crippen LogP contribution in [0.25, 0.3) is 0 Å². The summed E-state index contributed by atoms with van der Waals surface area (Å²) in [6.07, 6.45) is -0.415. The molecule has 0 heterocycles. The minimum absolute atomic E-state index is 0.400. The van der Waals surface area contributed by atoms with E-state index in [9.17, 15) is 43.5 Å². The topological polar surface area (TPSA) is 281 Å². The Bertz CT molecular complexity index is 1050. The number of rotatable bonds is 18. The van der Waals surface area contributed by atoms with Crippen LogP contribution in [0, 0.1) is 17.8 Å². The number of amides is 7. The Balaban J connectivity index is 4.87. The second-order valence-corrected chi connectivity index (χ2v) is 11.1. The normalized spacial score (nSPS) is 14.5. The Morgan fingerprint density at radius 1 is 0.581 bits per heavy atom. The molecule has 0 aromatic heterocycles. The van der Waals surface area contributed by atoms with E-state index in [1.165, 1.54) is 6.92 Å². The Labute approximate surface area is 250 Å². The van der Waals surface area contributed by atoms with Crippen LogP contribution >= 0.6 is 0 Å². The van der Waals surface area contributed by atoms with E-state index in [0.717, 1.165) is 0 Å². The highest BCUT2D eigenvalue weighted by atomic mass is 16.4. The zero-order valence-corrected chi connectivity index (χ0v) is 25.6. The molecule has 0 aliphatic carbocycles. The first-order valence-corrected chi connectivity index (χ1v) is 13.8. The molecule has 5 atom stereocenters. The van der Waals surface area contributed by atoms with Gasteiger partial charge in [-0.1, -0.05) is 41.5 Å². The third-order valence-corrected chi connectivity index (χ3v) is 6.12. The van der Waals surface area contributed by atoms with Crippen molar-refractivity contribution in [3.8, 4) is 0 Å². The highest BCUT2D eigenvalue weighted by molar-refractivity contribution is 5.95. The van der Waals surface area contributed by atoms with Gasteiger partial charge >= 0.3 is 5.97 Å². The van der Waals surface area contributed by atoms with Crippen LogP contribution in [-0.4, -0.2) is 95.7 Å². The third-order valence-electron chi connectivity index (χ3n) is 6.12. The fourth-order valence-electron chi connectivity index (χ4n) is 3.55. The molecule has 11 N–H and O–H groups in total. The number of carboxylic acid groups (broad SMARTS) is 1. The zero-order chi connectivity index (χ0) is 33.6. The largest absolute Gasteiger partial charge is 0.480 e. The molecule has 0 fully saturated rings. The summed E-state index contributed by atoms with van der Waals surface area (Å²) in [6, 6.07) is -5.67. The summed E-state index contributed by atoms with van der Waals surface area (Å²) in [5.41, 5.74) is 10.6. The van der Waals surface area contributed by atoms with E-state index in [4.69, 9.17) is 11.5 Å². The number of hydrogen-bond donors (Lipinski definition) is 9. The third kappa shape index (κ3) is 14.4. The Morgan fingerprint density at radius 2 is 1.02 bits per heavy atom. The van der Waals surface area contributed by atoms with Crippen LogP contribution in [-0.2, 0) is 38.4 Å². The van der Waals surface area contributed by atoms with Crippen molar-refractivity contribution < 1.29 is 43.5 Å². The molecule has 43 heavy (non-hydrogen) atoms. The van der Waals surface area contributed by atoms with Gasteiger partial charge in [0.1, 0.15) is 24.2 Å². The number of primary amides is 1. The van der Waals surface area contributed by atoms with Gasteiger partial charge in [0.2, 0.25) is 41.4 Å². The minimum Gasteiger partial charge on any atom is -0.480 e. The molecule has 0 aromatic carbocycles. The maximum Gasteiger partial charge on any atom is 0.326 e. The van der Waals surface area contributed by atoms with Crippen molar-refractivity contribution in [2.45, 2.75) is 85.1 Å². The van der Waals surface area contributed by atoms with Crippen molar-refractivity contribution >= 4 is 47.3 Å². The quantitative estimate of drug-likeness (QED) is 0.0732. The van der Waals surface area contributed by atoms with E-state index in [-0.39, 0.29) is 0 Å². The number of carbonyl (C=O) groups excluding carboxylic acids is 7. The average Bonchev–Trinajstić information content (AvgIpc) is 2.88. The molecule has 244 valence electrons. The molecular weight excluding hydrogens is 568 g/mol. The van der Waals surface area contributed by atoms with Crippen molar-refractivity contribution in [1.82, 2.24) is 31.9 Å². The first-order chi connectivity index (χ1) is 19.8. The van der Waals surface area contributed by atoms with Crippen LogP contribution in [0.1, 0.15) is 54.9 Å². The Hall–Kier alpha value is -4.28. The van der Waals surface area contributed by atoms with Crippen LogP contribution in [0.15, 0.2) is 0 Å². The number of carbonyl (C=O) groups is 8. The first kappa shape index (κ1) is 38.7. The lowest BCUT2D eigenvalue weighted by Gasteiger charge is -2.26. The summed E-state index contributed by atoms with van der Waals surface area (Å²) in [4.78, 5) is 96.8. The van der Waals surface area contributed by atoms with E-state index in [1.807, 2.05) is 0 Å². The van der Waals surface area contributed by atoms with Crippen molar-refractivity contribution in [3.05, 3.63) is 0 Å². The minimum atomic E-state index is -1.25. The summed E-state index contributed by atoms with van der Waals surface area (Å²) in [5, 5.41) is 23.6. The van der Waals surface area contributed by atoms with E-state index in [0.29, 0.717) is 0 Å². The average molecular weight is 615 g/mol. The molecule has 17 nitrogen and oxygen atoms in total. The number of hydrogen-bond acceptors (Lipinski definition) is 9. The zero-order valence-electron chi connectivity index (χ0n) is 25.6. The molecule has 0 aliphatic rings. The van der Waals surface area contributed by atoms with Gasteiger partial charge in [-0.3, -0.25) is 33.6 Å². The number of aliphatic carboxylic acids is 1. The monoisotopic (exact) mass is 614 g/mol. The summed E-state index contributed by atoms with van der Waals surface area (Å²) < 4.78 is 0. The Kier molecular flexibility index (Phi) is 16.5. The van der Waals surface area contributed by atoms with Gasteiger partial charge in [0.05, 0.1) is 25.6 Å². The van der Waals surface area contributed by atoms with Gasteiger partial charge in [-0.15, -0.1) is 0 Å². The highest BCUT2D eigenvalue weighted by Crippen LogP contribution is 2.07. The maximum atomic E-state index is 12.7.